The monoisotopic (exact) mass is 276 g/mol. The summed E-state index contributed by atoms with van der Waals surface area (Å²) in [5.41, 5.74) is 0.692. The normalized spacial score (nSPS) is 36.3. The van der Waals surface area contributed by atoms with Crippen LogP contribution >= 0.6 is 0 Å². The summed E-state index contributed by atoms with van der Waals surface area (Å²) in [5.74, 6) is 2.88. The smallest absolute Gasteiger partial charge is 0.129 e. The Bertz CT molecular complexity index is 487. The number of rotatable bonds is 1. The van der Waals surface area contributed by atoms with Crippen LogP contribution in [0.5, 0.6) is 11.5 Å². The highest BCUT2D eigenvalue weighted by molar-refractivity contribution is 5.44. The molecule has 0 saturated heterocycles. The lowest BCUT2D eigenvalue weighted by molar-refractivity contribution is -0.0625. The zero-order valence-corrected chi connectivity index (χ0v) is 12.6. The van der Waals surface area contributed by atoms with E-state index < -0.39 is 6.10 Å². The number of aliphatic hydroxyl groups excluding tert-OH is 1. The van der Waals surface area contributed by atoms with Gasteiger partial charge in [0.25, 0.3) is 0 Å². The molecule has 2 aliphatic rings. The number of benzene rings is 1. The van der Waals surface area contributed by atoms with E-state index in [9.17, 15) is 5.11 Å². The molecule has 1 N–H and O–H groups in total. The van der Waals surface area contributed by atoms with Crippen molar-refractivity contribution in [3.63, 3.8) is 0 Å². The number of hydrogen-bond donors (Lipinski definition) is 1. The molecule has 3 heteroatoms. The summed E-state index contributed by atoms with van der Waals surface area (Å²) in [6.45, 7) is 4.57. The van der Waals surface area contributed by atoms with Crippen LogP contribution in [0, 0.1) is 11.8 Å². The number of aliphatic hydroxyl groups is 1. The highest BCUT2D eigenvalue weighted by Gasteiger charge is 2.45. The van der Waals surface area contributed by atoms with E-state index in [1.165, 1.54) is 6.42 Å². The molecule has 1 heterocycles. The Morgan fingerprint density at radius 1 is 1.20 bits per heavy atom. The first kappa shape index (κ1) is 13.7. The first-order valence-corrected chi connectivity index (χ1v) is 7.56. The highest BCUT2D eigenvalue weighted by atomic mass is 16.5. The number of fused-ring (bicyclic) bond motifs is 1. The SMILES string of the molecule is COc1ccc2c(c1)OC1(CC(C)CC(C)C1)CC2O. The van der Waals surface area contributed by atoms with Crippen molar-refractivity contribution in [2.75, 3.05) is 7.11 Å². The minimum absolute atomic E-state index is 0.199. The maximum atomic E-state index is 10.5. The number of hydrogen-bond acceptors (Lipinski definition) is 3. The summed E-state index contributed by atoms with van der Waals surface area (Å²) in [5, 5.41) is 10.5. The van der Waals surface area contributed by atoms with E-state index in [4.69, 9.17) is 9.47 Å². The fourth-order valence-electron chi connectivity index (χ4n) is 4.20. The Balaban J connectivity index is 1.94. The average Bonchev–Trinajstić information content (AvgIpc) is 2.36. The summed E-state index contributed by atoms with van der Waals surface area (Å²) < 4.78 is 11.6. The van der Waals surface area contributed by atoms with Crippen molar-refractivity contribution in [1.82, 2.24) is 0 Å². The molecule has 1 aromatic carbocycles. The summed E-state index contributed by atoms with van der Waals surface area (Å²) in [7, 11) is 1.65. The van der Waals surface area contributed by atoms with Crippen LogP contribution in [0.15, 0.2) is 18.2 Å². The van der Waals surface area contributed by atoms with E-state index in [1.54, 1.807) is 7.11 Å². The highest BCUT2D eigenvalue weighted by Crippen LogP contribution is 2.49. The van der Waals surface area contributed by atoms with Crippen LogP contribution in [0.1, 0.15) is 51.2 Å². The van der Waals surface area contributed by atoms with E-state index in [1.807, 2.05) is 18.2 Å². The van der Waals surface area contributed by atoms with Crippen LogP contribution in [0.4, 0.5) is 0 Å². The summed E-state index contributed by atoms with van der Waals surface area (Å²) in [4.78, 5) is 0. The van der Waals surface area contributed by atoms with Crippen molar-refractivity contribution >= 4 is 0 Å². The molecule has 0 bridgehead atoms. The lowest BCUT2D eigenvalue weighted by Crippen LogP contribution is -2.46. The fourth-order valence-corrected chi connectivity index (χ4v) is 4.20. The largest absolute Gasteiger partial charge is 0.497 e. The molecule has 0 radical (unpaired) electrons. The number of ether oxygens (including phenoxy) is 2. The van der Waals surface area contributed by atoms with Gasteiger partial charge in [0.05, 0.1) is 13.2 Å². The molecule has 3 atom stereocenters. The third kappa shape index (κ3) is 2.39. The molecule has 1 spiro atoms. The Kier molecular flexibility index (Phi) is 3.41. The second kappa shape index (κ2) is 4.96. The zero-order valence-electron chi connectivity index (χ0n) is 12.6. The Morgan fingerprint density at radius 2 is 1.90 bits per heavy atom. The molecule has 0 aromatic heterocycles. The van der Waals surface area contributed by atoms with Gasteiger partial charge in [0.1, 0.15) is 17.1 Å². The Morgan fingerprint density at radius 3 is 2.55 bits per heavy atom. The molecule has 3 rings (SSSR count). The predicted molar refractivity (Wildman–Crippen MR) is 78.1 cm³/mol. The van der Waals surface area contributed by atoms with Gasteiger partial charge in [-0.25, -0.2) is 0 Å². The van der Waals surface area contributed by atoms with Crippen LogP contribution in [-0.4, -0.2) is 17.8 Å². The van der Waals surface area contributed by atoms with E-state index in [2.05, 4.69) is 13.8 Å². The molecule has 20 heavy (non-hydrogen) atoms. The fraction of sp³-hybridized carbons (Fsp3) is 0.647. The zero-order chi connectivity index (χ0) is 14.3. The van der Waals surface area contributed by atoms with E-state index in [-0.39, 0.29) is 5.60 Å². The second-order valence-electron chi connectivity index (χ2n) is 6.76. The molecule has 1 aliphatic heterocycles. The second-order valence-corrected chi connectivity index (χ2v) is 6.76. The van der Waals surface area contributed by atoms with Crippen molar-refractivity contribution in [3.05, 3.63) is 23.8 Å². The molecule has 3 nitrogen and oxygen atoms in total. The lowest BCUT2D eigenvalue weighted by atomic mass is 9.70. The molecule has 1 aliphatic carbocycles. The van der Waals surface area contributed by atoms with Gasteiger partial charge < -0.3 is 14.6 Å². The van der Waals surface area contributed by atoms with Gasteiger partial charge in [0, 0.05) is 18.1 Å². The predicted octanol–water partition coefficient (Wildman–Crippen LogP) is 3.71. The molecular weight excluding hydrogens is 252 g/mol. The first-order valence-electron chi connectivity index (χ1n) is 7.56. The average molecular weight is 276 g/mol. The minimum Gasteiger partial charge on any atom is -0.497 e. The van der Waals surface area contributed by atoms with Gasteiger partial charge in [-0.15, -0.1) is 0 Å². The van der Waals surface area contributed by atoms with Gasteiger partial charge in [-0.1, -0.05) is 13.8 Å². The molecule has 0 amide bonds. The summed E-state index contributed by atoms with van der Waals surface area (Å²) in [6.07, 6.45) is 3.60. The summed E-state index contributed by atoms with van der Waals surface area (Å²) >= 11 is 0. The van der Waals surface area contributed by atoms with Gasteiger partial charge >= 0.3 is 0 Å². The topological polar surface area (TPSA) is 38.7 Å². The maximum absolute atomic E-state index is 10.5. The Labute approximate surface area is 120 Å². The standard InChI is InChI=1S/C17H24O3/c1-11-6-12(2)9-17(8-11)10-15(18)14-5-4-13(19-3)7-16(14)20-17/h4-5,7,11-12,15,18H,6,8-10H2,1-3H3. The van der Waals surface area contributed by atoms with E-state index in [0.717, 1.165) is 29.9 Å². The van der Waals surface area contributed by atoms with Gasteiger partial charge in [0.2, 0.25) is 0 Å². The van der Waals surface area contributed by atoms with Gasteiger partial charge in [-0.2, -0.15) is 0 Å². The van der Waals surface area contributed by atoms with Gasteiger partial charge in [-0.05, 0) is 43.2 Å². The molecule has 1 aromatic rings. The van der Waals surface area contributed by atoms with Crippen LogP contribution in [0.2, 0.25) is 0 Å². The van der Waals surface area contributed by atoms with Crippen LogP contribution in [0.25, 0.3) is 0 Å². The van der Waals surface area contributed by atoms with Crippen LogP contribution < -0.4 is 9.47 Å². The third-order valence-electron chi connectivity index (χ3n) is 4.72. The molecule has 1 saturated carbocycles. The van der Waals surface area contributed by atoms with Crippen LogP contribution in [-0.2, 0) is 0 Å². The van der Waals surface area contributed by atoms with Crippen molar-refractivity contribution < 1.29 is 14.6 Å². The number of methoxy groups -OCH3 is 1. The van der Waals surface area contributed by atoms with Crippen molar-refractivity contribution in [2.24, 2.45) is 11.8 Å². The third-order valence-corrected chi connectivity index (χ3v) is 4.72. The van der Waals surface area contributed by atoms with Gasteiger partial charge in [0.15, 0.2) is 0 Å². The van der Waals surface area contributed by atoms with E-state index in [0.29, 0.717) is 18.3 Å². The maximum Gasteiger partial charge on any atom is 0.129 e. The quantitative estimate of drug-likeness (QED) is 0.850. The van der Waals surface area contributed by atoms with Gasteiger partial charge in [-0.3, -0.25) is 0 Å². The van der Waals surface area contributed by atoms with E-state index >= 15 is 0 Å². The summed E-state index contributed by atoms with van der Waals surface area (Å²) in [6, 6.07) is 5.71. The molecular formula is C17H24O3. The molecule has 1 fully saturated rings. The van der Waals surface area contributed by atoms with Crippen molar-refractivity contribution in [1.29, 1.82) is 0 Å². The van der Waals surface area contributed by atoms with Crippen molar-refractivity contribution in [3.8, 4) is 11.5 Å². The molecule has 110 valence electrons. The van der Waals surface area contributed by atoms with Crippen LogP contribution in [0.3, 0.4) is 0 Å². The lowest BCUT2D eigenvalue weighted by Gasteiger charge is -2.47. The Hall–Kier alpha value is -1.22. The minimum atomic E-state index is -0.429. The first-order chi connectivity index (χ1) is 9.51. The van der Waals surface area contributed by atoms with Crippen molar-refractivity contribution in [2.45, 2.75) is 51.2 Å². The molecule has 3 unspecified atom stereocenters.